The molecule has 0 saturated heterocycles. The quantitative estimate of drug-likeness (QED) is 0.550. The summed E-state index contributed by atoms with van der Waals surface area (Å²) >= 11 is 0. The first-order valence-electron chi connectivity index (χ1n) is 3.62. The Balaban J connectivity index is 0. The van der Waals surface area contributed by atoms with Crippen LogP contribution in [0.5, 0.6) is 0 Å². The van der Waals surface area contributed by atoms with Gasteiger partial charge in [0.15, 0.2) is 0 Å². The second kappa shape index (κ2) is 5.43. The van der Waals surface area contributed by atoms with Crippen molar-refractivity contribution in [1.29, 1.82) is 0 Å². The molecule has 0 aromatic rings. The van der Waals surface area contributed by atoms with E-state index in [-0.39, 0.29) is 18.9 Å². The van der Waals surface area contributed by atoms with Gasteiger partial charge in [-0.1, -0.05) is 26.9 Å². The summed E-state index contributed by atoms with van der Waals surface area (Å²) in [6.45, 7) is 15.4. The van der Waals surface area contributed by atoms with Gasteiger partial charge in [-0.25, -0.2) is 0 Å². The molecule has 0 aromatic heterocycles. The van der Waals surface area contributed by atoms with Crippen LogP contribution in [0, 0.1) is 6.55 Å². The van der Waals surface area contributed by atoms with Crippen molar-refractivity contribution in [3.05, 3.63) is 6.55 Å². The van der Waals surface area contributed by atoms with Gasteiger partial charge >= 0.3 is 18.9 Å². The molecule has 1 nitrogen and oxygen atoms in total. The standard InChI is InChI=1S/C7H18NSi.Li.H/c1-6-8(7-2)9(3,4)5;;/h3,6-7H2,1-2,4-5H3;;. The van der Waals surface area contributed by atoms with Crippen LogP contribution in [0.15, 0.2) is 0 Å². The van der Waals surface area contributed by atoms with Crippen molar-refractivity contribution in [2.45, 2.75) is 26.9 Å². The number of nitrogens with zero attached hydrogens (tertiary/aromatic N) is 1. The van der Waals surface area contributed by atoms with Gasteiger partial charge in [0.2, 0.25) is 0 Å². The molecule has 0 N–H and O–H groups in total. The Morgan fingerprint density at radius 2 is 1.50 bits per heavy atom. The zero-order chi connectivity index (χ0) is 7.49. The van der Waals surface area contributed by atoms with Crippen LogP contribution in [0.2, 0.25) is 13.1 Å². The molecule has 0 fully saturated rings. The molecule has 0 aliphatic heterocycles. The van der Waals surface area contributed by atoms with E-state index < -0.39 is 8.24 Å². The molecular weight excluding hydrogens is 133 g/mol. The van der Waals surface area contributed by atoms with Crippen LogP contribution in [0.1, 0.15) is 13.8 Å². The first-order valence-corrected chi connectivity index (χ1v) is 6.78. The third-order valence-electron chi connectivity index (χ3n) is 1.62. The van der Waals surface area contributed by atoms with Crippen molar-refractivity contribution in [2.75, 3.05) is 13.1 Å². The molecule has 0 saturated carbocycles. The van der Waals surface area contributed by atoms with Gasteiger partial charge in [-0.05, 0) is 19.6 Å². The Morgan fingerprint density at radius 1 is 1.20 bits per heavy atom. The summed E-state index contributed by atoms with van der Waals surface area (Å²) in [7, 11) is -1.20. The average molecular weight is 152 g/mol. The zero-order valence-electron chi connectivity index (χ0n) is 7.07. The van der Waals surface area contributed by atoms with E-state index in [2.05, 4.69) is 38.1 Å². The molecule has 57 valence electrons. The van der Waals surface area contributed by atoms with Gasteiger partial charge in [0, 0.05) is 0 Å². The fraction of sp³-hybridized carbons (Fsp3) is 0.857. The second-order valence-electron chi connectivity index (χ2n) is 2.98. The SMILES string of the molecule is [CH2][Si](C)(C)N(CC)CC.[LiH]. The summed E-state index contributed by atoms with van der Waals surface area (Å²) in [4.78, 5) is 0. The average Bonchev–Trinajstić information content (AvgIpc) is 1.65. The Hall–Kier alpha value is 0.774. The number of rotatable bonds is 3. The first kappa shape index (κ1) is 13.4. The van der Waals surface area contributed by atoms with E-state index in [1.54, 1.807) is 0 Å². The fourth-order valence-electron chi connectivity index (χ4n) is 1.08. The van der Waals surface area contributed by atoms with Crippen molar-refractivity contribution < 1.29 is 0 Å². The first-order chi connectivity index (χ1) is 4.02. The predicted molar refractivity (Wildman–Crippen MR) is 52.9 cm³/mol. The van der Waals surface area contributed by atoms with Crippen LogP contribution in [0.4, 0.5) is 0 Å². The summed E-state index contributed by atoms with van der Waals surface area (Å²) in [6, 6.07) is 0. The van der Waals surface area contributed by atoms with Crippen LogP contribution in [0.25, 0.3) is 0 Å². The Labute approximate surface area is 78.4 Å². The predicted octanol–water partition coefficient (Wildman–Crippen LogP) is 1.26. The third-order valence-corrected chi connectivity index (χ3v) is 3.96. The molecule has 0 atom stereocenters. The van der Waals surface area contributed by atoms with Crippen LogP contribution in [0.3, 0.4) is 0 Å². The van der Waals surface area contributed by atoms with E-state index in [9.17, 15) is 0 Å². The Morgan fingerprint density at radius 3 is 1.50 bits per heavy atom. The molecule has 3 heteroatoms. The molecule has 0 aliphatic carbocycles. The van der Waals surface area contributed by atoms with E-state index in [0.29, 0.717) is 0 Å². The van der Waals surface area contributed by atoms with Crippen molar-refractivity contribution >= 4 is 27.1 Å². The minimum absolute atomic E-state index is 0. The normalized spacial score (nSPS) is 11.4. The van der Waals surface area contributed by atoms with Crippen LogP contribution >= 0.6 is 0 Å². The number of hydrogen-bond acceptors (Lipinski definition) is 1. The van der Waals surface area contributed by atoms with Gasteiger partial charge in [-0.2, -0.15) is 0 Å². The van der Waals surface area contributed by atoms with E-state index in [1.165, 1.54) is 0 Å². The molecule has 0 heterocycles. The number of hydrogen-bond donors (Lipinski definition) is 0. The van der Waals surface area contributed by atoms with Gasteiger partial charge in [0.1, 0.15) is 8.24 Å². The van der Waals surface area contributed by atoms with Gasteiger partial charge in [-0.15, -0.1) is 0 Å². The molecule has 0 rings (SSSR count). The van der Waals surface area contributed by atoms with E-state index in [4.69, 9.17) is 0 Å². The molecule has 1 radical (unpaired) electrons. The summed E-state index contributed by atoms with van der Waals surface area (Å²) in [5.74, 6) is 0. The minimum atomic E-state index is -1.20. The summed E-state index contributed by atoms with van der Waals surface area (Å²) in [5, 5.41) is 0. The second-order valence-corrected chi connectivity index (χ2v) is 7.24. The van der Waals surface area contributed by atoms with Gasteiger partial charge < -0.3 is 4.57 Å². The van der Waals surface area contributed by atoms with Gasteiger partial charge in [0.05, 0.1) is 0 Å². The van der Waals surface area contributed by atoms with E-state index in [0.717, 1.165) is 13.1 Å². The molecular formula is C7H19LiNSi. The van der Waals surface area contributed by atoms with Crippen LogP contribution < -0.4 is 0 Å². The van der Waals surface area contributed by atoms with E-state index in [1.807, 2.05) is 0 Å². The topological polar surface area (TPSA) is 3.24 Å². The molecule has 0 unspecified atom stereocenters. The van der Waals surface area contributed by atoms with Gasteiger partial charge in [-0.3, -0.25) is 0 Å². The summed E-state index contributed by atoms with van der Waals surface area (Å²) in [5.41, 5.74) is 0. The molecule has 0 spiro atoms. The van der Waals surface area contributed by atoms with Crippen LogP contribution in [-0.4, -0.2) is 44.8 Å². The maximum atomic E-state index is 4.18. The summed E-state index contributed by atoms with van der Waals surface area (Å²) in [6.07, 6.45) is 0. The third kappa shape index (κ3) is 4.57. The monoisotopic (exact) mass is 152 g/mol. The Kier molecular flexibility index (Phi) is 7.26. The molecule has 0 amide bonds. The Bertz CT molecular complexity index is 76.2. The maximum absolute atomic E-state index is 4.18. The molecule has 0 aromatic carbocycles. The molecule has 10 heavy (non-hydrogen) atoms. The van der Waals surface area contributed by atoms with Crippen molar-refractivity contribution in [3.8, 4) is 0 Å². The van der Waals surface area contributed by atoms with Crippen molar-refractivity contribution in [3.63, 3.8) is 0 Å². The van der Waals surface area contributed by atoms with Gasteiger partial charge in [0.25, 0.3) is 0 Å². The molecule has 0 aliphatic rings. The molecule has 0 bridgehead atoms. The van der Waals surface area contributed by atoms with Crippen molar-refractivity contribution in [1.82, 2.24) is 4.57 Å². The van der Waals surface area contributed by atoms with E-state index >= 15 is 0 Å². The van der Waals surface area contributed by atoms with Crippen LogP contribution in [-0.2, 0) is 0 Å². The zero-order valence-corrected chi connectivity index (χ0v) is 8.07. The van der Waals surface area contributed by atoms with Crippen molar-refractivity contribution in [2.24, 2.45) is 0 Å². The fourth-order valence-corrected chi connectivity index (χ4v) is 2.79. The summed E-state index contributed by atoms with van der Waals surface area (Å²) < 4.78 is 2.47.